The van der Waals surface area contributed by atoms with Crippen molar-refractivity contribution in [1.29, 1.82) is 0 Å². The predicted molar refractivity (Wildman–Crippen MR) is 63.9 cm³/mol. The number of carbonyl (C=O) groups is 1. The Morgan fingerprint density at radius 1 is 1.33 bits per heavy atom. The van der Waals surface area contributed by atoms with Crippen molar-refractivity contribution in [3.05, 3.63) is 23.5 Å². The number of thiol groups is 1. The second kappa shape index (κ2) is 6.56. The zero-order valence-corrected chi connectivity index (χ0v) is 11.7. The Labute approximate surface area is 119 Å². The number of aromatic nitrogens is 1. The van der Waals surface area contributed by atoms with Gasteiger partial charge in [-0.05, 0) is 0 Å². The topological polar surface area (TPSA) is 59.1 Å². The maximum absolute atomic E-state index is 12.7. The monoisotopic (exact) mass is 354 g/mol. The van der Waals surface area contributed by atoms with Crippen LogP contribution in [0.2, 0.25) is 0 Å². The summed E-state index contributed by atoms with van der Waals surface area (Å²) < 4.78 is 86.4. The van der Waals surface area contributed by atoms with Crippen molar-refractivity contribution < 1.29 is 35.3 Å². The summed E-state index contributed by atoms with van der Waals surface area (Å²) in [6.07, 6.45) is -7.96. The summed E-state index contributed by atoms with van der Waals surface area (Å²) >= 11 is 0.660. The summed E-state index contributed by atoms with van der Waals surface area (Å²) in [4.78, 5) is 14.4. The number of amides is 1. The first-order chi connectivity index (χ1) is 9.56. The summed E-state index contributed by atoms with van der Waals surface area (Å²) in [5.74, 6) is -5.36. The molecule has 21 heavy (non-hydrogen) atoms. The molecular formula is C9H8F6N2O2S2. The fourth-order valence-electron chi connectivity index (χ4n) is 1.17. The molecule has 0 saturated heterocycles. The summed E-state index contributed by atoms with van der Waals surface area (Å²) in [6, 6.07) is 0. The van der Waals surface area contributed by atoms with Gasteiger partial charge in [-0.25, -0.2) is 9.37 Å². The van der Waals surface area contributed by atoms with Crippen LogP contribution in [0.3, 0.4) is 0 Å². The van der Waals surface area contributed by atoms with Crippen molar-refractivity contribution in [2.45, 2.75) is 16.9 Å². The van der Waals surface area contributed by atoms with Gasteiger partial charge in [0.15, 0.2) is 10.2 Å². The first-order valence-corrected chi connectivity index (χ1v) is 7.91. The molecule has 0 aliphatic carbocycles. The van der Waals surface area contributed by atoms with E-state index in [4.69, 9.17) is 0 Å². The molecule has 0 spiro atoms. The van der Waals surface area contributed by atoms with Gasteiger partial charge in [-0.1, -0.05) is 0 Å². The molecule has 0 unspecified atom stereocenters. The van der Waals surface area contributed by atoms with E-state index in [1.165, 1.54) is 10.1 Å². The van der Waals surface area contributed by atoms with Gasteiger partial charge in [0, 0.05) is 33.9 Å². The van der Waals surface area contributed by atoms with E-state index >= 15 is 0 Å². The number of allylic oxidation sites excluding steroid dienone is 1. The lowest BCUT2D eigenvalue weighted by Gasteiger charge is -2.23. The fraction of sp³-hybridized carbons (Fsp3) is 0.333. The van der Waals surface area contributed by atoms with Crippen LogP contribution >= 0.6 is 11.3 Å². The molecule has 4 nitrogen and oxygen atoms in total. The van der Waals surface area contributed by atoms with Crippen LogP contribution in [0.25, 0.3) is 0 Å². The second-order valence-electron chi connectivity index (χ2n) is 3.63. The van der Waals surface area contributed by atoms with E-state index in [2.05, 4.69) is 4.98 Å². The van der Waals surface area contributed by atoms with E-state index in [0.29, 0.717) is 11.3 Å². The van der Waals surface area contributed by atoms with Gasteiger partial charge < -0.3 is 0 Å². The molecule has 0 atom stereocenters. The lowest BCUT2D eigenvalue weighted by molar-refractivity contribution is -0.171. The summed E-state index contributed by atoms with van der Waals surface area (Å²) in [7, 11) is -4.29. The quantitative estimate of drug-likeness (QED) is 0.631. The Hall–Kier alpha value is -1.43. The Balaban J connectivity index is 3.00. The molecule has 0 saturated carbocycles. The lowest BCUT2D eigenvalue weighted by atomic mass is 10.4. The number of alkyl halides is 3. The first-order valence-electron chi connectivity index (χ1n) is 5.14. The van der Waals surface area contributed by atoms with Gasteiger partial charge in [0.1, 0.15) is 0 Å². The van der Waals surface area contributed by atoms with Gasteiger partial charge in [0.2, 0.25) is 0 Å². The third kappa shape index (κ3) is 4.81. The number of nitrogens with one attached hydrogen (secondary N) is 1. The standard InChI is InChI=1S/C9H8F6N2O2S2/c10-5(6(11)12)1-4-21(19,8-16-2-3-20-8)17-7(18)9(13,14)15/h2-3,21H,1,4H2,(H,17,18,19). The number of hydrogen-bond donors (Lipinski definition) is 2. The van der Waals surface area contributed by atoms with E-state index < -0.39 is 46.3 Å². The van der Waals surface area contributed by atoms with Crippen LogP contribution in [-0.2, 0) is 14.9 Å². The number of hydrogen-bond acceptors (Lipinski definition) is 4. The van der Waals surface area contributed by atoms with Crippen molar-refractivity contribution in [2.24, 2.45) is 0 Å². The lowest BCUT2D eigenvalue weighted by Crippen LogP contribution is -2.45. The highest BCUT2D eigenvalue weighted by molar-refractivity contribution is 8.03. The van der Waals surface area contributed by atoms with Gasteiger partial charge in [-0.2, -0.15) is 22.0 Å². The van der Waals surface area contributed by atoms with E-state index in [1.807, 2.05) is 0 Å². The van der Waals surface area contributed by atoms with E-state index in [1.54, 1.807) is 0 Å². The van der Waals surface area contributed by atoms with Crippen LogP contribution in [-0.4, -0.2) is 27.0 Å². The molecule has 1 N–H and O–H groups in total. The minimum absolute atomic E-state index is 0.382. The van der Waals surface area contributed by atoms with Crippen molar-refractivity contribution >= 4 is 27.4 Å². The Morgan fingerprint density at radius 2 is 1.95 bits per heavy atom. The molecule has 0 fully saturated rings. The molecule has 0 aliphatic heterocycles. The summed E-state index contributed by atoms with van der Waals surface area (Å²) in [6.45, 7) is 0. The molecule has 1 aromatic heterocycles. The molecular weight excluding hydrogens is 346 g/mol. The molecule has 1 rings (SSSR count). The predicted octanol–water partition coefficient (Wildman–Crippen LogP) is 2.58. The minimum atomic E-state index is -5.31. The van der Waals surface area contributed by atoms with Crippen molar-refractivity contribution in [3.8, 4) is 0 Å². The summed E-state index contributed by atoms with van der Waals surface area (Å²) in [5.41, 5.74) is 0. The van der Waals surface area contributed by atoms with Crippen molar-refractivity contribution in [1.82, 2.24) is 9.71 Å². The third-order valence-corrected chi connectivity index (χ3v) is 6.05. The average Bonchev–Trinajstić information content (AvgIpc) is 2.89. The number of halogens is 6. The Kier molecular flexibility index (Phi) is 5.50. The Morgan fingerprint density at radius 3 is 2.38 bits per heavy atom. The van der Waals surface area contributed by atoms with Crippen LogP contribution in [0.5, 0.6) is 0 Å². The van der Waals surface area contributed by atoms with Crippen LogP contribution < -0.4 is 4.72 Å². The van der Waals surface area contributed by atoms with E-state index in [-0.39, 0.29) is 4.34 Å². The molecule has 0 radical (unpaired) electrons. The molecule has 0 bridgehead atoms. The highest BCUT2D eigenvalue weighted by Gasteiger charge is 2.41. The SMILES string of the molecule is O=C(N[SH](=O)(CCC(F)=C(F)F)c1nccs1)C(F)(F)F. The molecule has 1 amide bonds. The zero-order valence-electron chi connectivity index (χ0n) is 9.96. The highest BCUT2D eigenvalue weighted by Crippen LogP contribution is 2.25. The highest BCUT2D eigenvalue weighted by atomic mass is 32.3. The number of nitrogens with zero attached hydrogens (tertiary/aromatic N) is 1. The van der Waals surface area contributed by atoms with Gasteiger partial charge in [0.05, 0.1) is 0 Å². The maximum atomic E-state index is 12.7. The molecule has 0 aliphatic rings. The molecule has 0 aromatic carbocycles. The van der Waals surface area contributed by atoms with E-state index in [9.17, 15) is 35.3 Å². The smallest absolute Gasteiger partial charge is 0.284 e. The van der Waals surface area contributed by atoms with Crippen LogP contribution in [0, 0.1) is 0 Å². The van der Waals surface area contributed by atoms with Gasteiger partial charge in [0.25, 0.3) is 0 Å². The zero-order chi connectivity index (χ0) is 16.3. The molecule has 1 heterocycles. The summed E-state index contributed by atoms with van der Waals surface area (Å²) in [5, 5.41) is 1.27. The molecule has 12 heteroatoms. The van der Waals surface area contributed by atoms with E-state index in [0.717, 1.165) is 6.20 Å². The normalized spacial score (nSPS) is 12.9. The van der Waals surface area contributed by atoms with Crippen LogP contribution in [0.1, 0.15) is 6.42 Å². The Bertz CT molecular complexity index is 580. The van der Waals surface area contributed by atoms with Crippen molar-refractivity contribution in [2.75, 3.05) is 5.75 Å². The number of rotatable bonds is 5. The van der Waals surface area contributed by atoms with Gasteiger partial charge >= 0.3 is 18.2 Å². The second-order valence-corrected chi connectivity index (χ2v) is 7.40. The fourth-order valence-corrected chi connectivity index (χ4v) is 4.43. The molecule has 120 valence electrons. The first kappa shape index (κ1) is 17.6. The maximum Gasteiger partial charge on any atom is 0.472 e. The van der Waals surface area contributed by atoms with Crippen LogP contribution in [0.15, 0.2) is 27.8 Å². The van der Waals surface area contributed by atoms with Gasteiger partial charge in [-0.15, -0.1) is 11.3 Å². The largest absolute Gasteiger partial charge is 0.472 e. The molecule has 1 aromatic rings. The minimum Gasteiger partial charge on any atom is -0.284 e. The third-order valence-electron chi connectivity index (χ3n) is 2.12. The van der Waals surface area contributed by atoms with Gasteiger partial charge in [-0.3, -0.25) is 13.7 Å². The van der Waals surface area contributed by atoms with Crippen LogP contribution in [0.4, 0.5) is 26.3 Å². The number of carbonyl (C=O) groups excluding carboxylic acids is 1. The van der Waals surface area contributed by atoms with Crippen molar-refractivity contribution in [3.63, 3.8) is 0 Å². The number of thiazole rings is 1. The average molecular weight is 354 g/mol.